The second-order valence-corrected chi connectivity index (χ2v) is 21.7. The van der Waals surface area contributed by atoms with Crippen molar-refractivity contribution in [1.82, 2.24) is 4.90 Å². The van der Waals surface area contributed by atoms with E-state index in [9.17, 15) is 47.7 Å². The molecular weight excluding hydrogens is 962 g/mol. The van der Waals surface area contributed by atoms with Crippen LogP contribution >= 0.6 is 0 Å². The standard InChI is InChI=1S/C57H83F3N2O12/c1-34-16-11-10-12-17-36(3)45(61-42-18-15-19-43(32-42)74-57(58,59)60)33-44-24-22-40(7)56(69,73-44)53(66)54(67)62-27-14-13-20-46(62)55(68)72-48(37(4)30-41-23-25-47(63)49(31-41)70-8)26-21-35(2)29-39(6)51(65)52(71-9)50(64)38(5)28-34/h10-12,15-19,29,32,34-35,37-38,40-41,44-49,51-52,61,63,65,69H,13-14,20-28,30-31,33H2,1-9H3/b12-10+,16-11+,36-17+,39-29+/t34-,35+,37-,38-,40-,41-,44+,45?,46+,47-,48+,49-,51-,52+,56-/m1/s1. The van der Waals surface area contributed by atoms with Crippen LogP contribution in [0.2, 0.25) is 0 Å². The molecule has 1 amide bonds. The van der Waals surface area contributed by atoms with Gasteiger partial charge in [-0.3, -0.25) is 14.4 Å². The topological polar surface area (TPSA) is 190 Å². The number of hydrogen-bond acceptors (Lipinski definition) is 13. The van der Waals surface area contributed by atoms with E-state index in [0.29, 0.717) is 75.5 Å². The van der Waals surface area contributed by atoms with Gasteiger partial charge < -0.3 is 49.2 Å². The molecule has 0 radical (unpaired) electrons. The van der Waals surface area contributed by atoms with Crippen molar-refractivity contribution in [2.75, 3.05) is 26.1 Å². The molecule has 2 bridgehead atoms. The van der Waals surface area contributed by atoms with Crippen molar-refractivity contribution in [3.05, 3.63) is 71.9 Å². The Balaban J connectivity index is 1.49. The predicted octanol–water partition coefficient (Wildman–Crippen LogP) is 9.37. The molecule has 1 saturated carbocycles. The average Bonchev–Trinajstić information content (AvgIpc) is 3.35. The highest BCUT2D eigenvalue weighted by Crippen LogP contribution is 2.38. The third-order valence-electron chi connectivity index (χ3n) is 15.7. The van der Waals surface area contributed by atoms with Crippen LogP contribution in [0.5, 0.6) is 5.75 Å². The van der Waals surface area contributed by atoms with Crippen LogP contribution < -0.4 is 10.1 Å². The van der Waals surface area contributed by atoms with Gasteiger partial charge in [0.05, 0.1) is 18.3 Å². The SMILES string of the molecule is CO[C@@H]1C[C@@H](C[C@@H](C)[C@@H]2CC[C@H](C)/C=C(\C)[C@@H](O)[C@@H](OC)C(=O)[C@H](C)C[C@H](C)/C=C/C=C/C=C(\C)C(Nc3cccc(OC(F)(F)F)c3)C[C@@H]3CC[C@@H](C)[C@@](O)(O3)C(=O)C(=O)N3CCCC[C@H]3C(=O)O2)CC[C@H]1O. The molecule has 17 heteroatoms. The van der Waals surface area contributed by atoms with Gasteiger partial charge in [-0.2, -0.15) is 0 Å². The van der Waals surface area contributed by atoms with Crippen LogP contribution in [-0.4, -0.2) is 125 Å². The van der Waals surface area contributed by atoms with Gasteiger partial charge in [0.2, 0.25) is 5.79 Å². The van der Waals surface area contributed by atoms with Gasteiger partial charge >= 0.3 is 12.3 Å². The number of ether oxygens (including phenoxy) is 5. The summed E-state index contributed by atoms with van der Waals surface area (Å²) < 4.78 is 67.8. The van der Waals surface area contributed by atoms with Crippen LogP contribution in [-0.2, 0) is 38.1 Å². The van der Waals surface area contributed by atoms with E-state index < -0.39 is 90.0 Å². The van der Waals surface area contributed by atoms with E-state index in [1.165, 1.54) is 30.2 Å². The molecule has 0 aromatic heterocycles. The quantitative estimate of drug-likeness (QED) is 0.110. The van der Waals surface area contributed by atoms with Crippen LogP contribution in [0.1, 0.15) is 132 Å². The molecule has 0 spiro atoms. The molecule has 1 aromatic rings. The van der Waals surface area contributed by atoms with Gasteiger partial charge in [-0.1, -0.05) is 82.7 Å². The van der Waals surface area contributed by atoms with Gasteiger partial charge in [-0.25, -0.2) is 4.79 Å². The fourth-order valence-corrected chi connectivity index (χ4v) is 11.2. The molecule has 3 fully saturated rings. The number of esters is 1. The fourth-order valence-electron chi connectivity index (χ4n) is 11.2. The molecule has 15 atom stereocenters. The normalized spacial score (nSPS) is 37.0. The Morgan fingerprint density at radius 1 is 0.865 bits per heavy atom. The van der Waals surface area contributed by atoms with Gasteiger partial charge in [0.15, 0.2) is 5.78 Å². The van der Waals surface area contributed by atoms with Crippen LogP contribution in [0.3, 0.4) is 0 Å². The number of aliphatic hydroxyl groups excluding tert-OH is 2. The van der Waals surface area contributed by atoms with Gasteiger partial charge in [0.25, 0.3) is 11.7 Å². The van der Waals surface area contributed by atoms with E-state index in [-0.39, 0.29) is 54.9 Å². The van der Waals surface area contributed by atoms with E-state index in [1.807, 2.05) is 65.0 Å². The van der Waals surface area contributed by atoms with Crippen molar-refractivity contribution in [1.29, 1.82) is 0 Å². The Bertz CT molecular complexity index is 2160. The summed E-state index contributed by atoms with van der Waals surface area (Å²) in [6, 6.07) is 3.67. The molecule has 74 heavy (non-hydrogen) atoms. The number of aliphatic hydroxyl groups is 3. The number of anilines is 1. The minimum absolute atomic E-state index is 0.0397. The second kappa shape index (κ2) is 27.6. The van der Waals surface area contributed by atoms with E-state index in [0.717, 1.165) is 12.0 Å². The van der Waals surface area contributed by atoms with E-state index in [1.54, 1.807) is 33.1 Å². The largest absolute Gasteiger partial charge is 0.573 e. The number of rotatable bonds is 8. The summed E-state index contributed by atoms with van der Waals surface area (Å²) in [6.07, 6.45) is 7.87. The summed E-state index contributed by atoms with van der Waals surface area (Å²) in [7, 11) is 2.99. The summed E-state index contributed by atoms with van der Waals surface area (Å²) >= 11 is 0. The second-order valence-electron chi connectivity index (χ2n) is 21.7. The minimum atomic E-state index is -4.92. The summed E-state index contributed by atoms with van der Waals surface area (Å²) in [5, 5.41) is 37.5. The number of alkyl halides is 3. The number of nitrogens with zero attached hydrogens (tertiary/aromatic N) is 1. The molecule has 1 unspecified atom stereocenters. The molecule has 4 aliphatic rings. The third-order valence-corrected chi connectivity index (χ3v) is 15.7. The Kier molecular flexibility index (Phi) is 22.6. The number of benzene rings is 1. The molecule has 4 N–H and O–H groups in total. The lowest BCUT2D eigenvalue weighted by molar-refractivity contribution is -0.274. The lowest BCUT2D eigenvalue weighted by Gasteiger charge is -2.43. The van der Waals surface area contributed by atoms with E-state index in [4.69, 9.17) is 18.9 Å². The maximum atomic E-state index is 14.5. The van der Waals surface area contributed by atoms with Crippen molar-refractivity contribution in [2.45, 2.75) is 193 Å². The first-order valence-corrected chi connectivity index (χ1v) is 26.7. The summed E-state index contributed by atoms with van der Waals surface area (Å²) in [6.45, 7) is 13.1. The average molecular weight is 1050 g/mol. The molecule has 1 aliphatic carbocycles. The molecule has 14 nitrogen and oxygen atoms in total. The molecule has 3 aliphatic heterocycles. The zero-order valence-electron chi connectivity index (χ0n) is 44.9. The van der Waals surface area contributed by atoms with E-state index >= 15 is 0 Å². The number of cyclic esters (lactones) is 1. The number of amides is 1. The smallest absolute Gasteiger partial charge is 0.461 e. The summed E-state index contributed by atoms with van der Waals surface area (Å²) in [4.78, 5) is 58.5. The number of nitrogens with one attached hydrogen (secondary N) is 1. The highest BCUT2D eigenvalue weighted by Gasteiger charge is 2.53. The van der Waals surface area contributed by atoms with Gasteiger partial charge in [-0.15, -0.1) is 13.2 Å². The number of halogens is 3. The number of piperidine rings is 1. The molecule has 3 heterocycles. The maximum Gasteiger partial charge on any atom is 0.573 e. The van der Waals surface area contributed by atoms with Crippen molar-refractivity contribution in [3.63, 3.8) is 0 Å². The lowest BCUT2D eigenvalue weighted by Crippen LogP contribution is -2.61. The van der Waals surface area contributed by atoms with Crippen molar-refractivity contribution < 1.29 is 71.4 Å². The number of carbonyl (C=O) groups is 4. The van der Waals surface area contributed by atoms with Crippen LogP contribution in [0.25, 0.3) is 0 Å². The van der Waals surface area contributed by atoms with Crippen LogP contribution in [0.4, 0.5) is 18.9 Å². The molecule has 414 valence electrons. The maximum absolute atomic E-state index is 14.5. The Hall–Kier alpha value is -4.39. The number of hydrogen-bond donors (Lipinski definition) is 4. The molecule has 5 rings (SSSR count). The number of allylic oxidation sites excluding steroid dienone is 6. The molecule has 1 aromatic carbocycles. The zero-order valence-corrected chi connectivity index (χ0v) is 44.9. The Labute approximate surface area is 436 Å². The highest BCUT2D eigenvalue weighted by molar-refractivity contribution is 6.39. The molecular formula is C57H83F3N2O12. The third kappa shape index (κ3) is 16.8. The number of fused-ring (bicyclic) bond motifs is 3. The summed E-state index contributed by atoms with van der Waals surface area (Å²) in [5.74, 6) is -7.53. The van der Waals surface area contributed by atoms with Crippen molar-refractivity contribution in [2.24, 2.45) is 35.5 Å². The van der Waals surface area contributed by atoms with Gasteiger partial charge in [0.1, 0.15) is 30.1 Å². The monoisotopic (exact) mass is 1040 g/mol. The van der Waals surface area contributed by atoms with Gasteiger partial charge in [0, 0.05) is 50.4 Å². The Morgan fingerprint density at radius 3 is 2.31 bits per heavy atom. The lowest BCUT2D eigenvalue weighted by atomic mass is 9.78. The molecule has 2 saturated heterocycles. The van der Waals surface area contributed by atoms with Crippen molar-refractivity contribution >= 4 is 29.1 Å². The van der Waals surface area contributed by atoms with Gasteiger partial charge in [-0.05, 0) is 139 Å². The Morgan fingerprint density at radius 2 is 1.61 bits per heavy atom. The number of carbonyl (C=O) groups excluding carboxylic acids is 4. The number of Topliss-reactive ketones (excluding diaryl/α,β-unsaturated/α-hetero) is 2. The first kappa shape index (κ1) is 60.5. The number of methoxy groups -OCH3 is 2. The van der Waals surface area contributed by atoms with E-state index in [2.05, 4.69) is 10.1 Å². The first-order valence-electron chi connectivity index (χ1n) is 26.7. The zero-order chi connectivity index (χ0) is 54.5. The summed E-state index contributed by atoms with van der Waals surface area (Å²) in [5.41, 5.74) is 1.59. The minimum Gasteiger partial charge on any atom is -0.461 e. The van der Waals surface area contributed by atoms with Crippen LogP contribution in [0, 0.1) is 35.5 Å². The number of ketones is 2. The van der Waals surface area contributed by atoms with Crippen LogP contribution in [0.15, 0.2) is 71.9 Å². The van der Waals surface area contributed by atoms with Crippen molar-refractivity contribution in [3.8, 4) is 5.75 Å². The highest BCUT2D eigenvalue weighted by atomic mass is 19.4. The predicted molar refractivity (Wildman–Crippen MR) is 274 cm³/mol. The fraction of sp³-hybridized carbons (Fsp3) is 0.684. The first-order chi connectivity index (χ1) is 34.9.